The van der Waals surface area contributed by atoms with Gasteiger partial charge in [0.15, 0.2) is 0 Å². The first-order valence-electron chi connectivity index (χ1n) is 6.33. The maximum Gasteiger partial charge on any atom is 0.234 e. The highest BCUT2D eigenvalue weighted by atomic mass is 16.2. The predicted molar refractivity (Wildman–Crippen MR) is 69.1 cm³/mol. The lowest BCUT2D eigenvalue weighted by Gasteiger charge is -2.16. The number of fused-ring (bicyclic) bond motifs is 1. The van der Waals surface area contributed by atoms with E-state index in [1.165, 1.54) is 0 Å². The fourth-order valence-corrected chi connectivity index (χ4v) is 2.60. The molecule has 2 aliphatic rings. The lowest BCUT2D eigenvalue weighted by Crippen LogP contribution is -2.26. The average Bonchev–Trinajstić information content (AvgIpc) is 3.06. The molecule has 18 heavy (non-hydrogen) atoms. The number of nitriles is 1. The summed E-state index contributed by atoms with van der Waals surface area (Å²) in [5.41, 5.74) is 2.54. The summed E-state index contributed by atoms with van der Waals surface area (Å²) in [6.07, 6.45) is 2.81. The molecule has 1 heterocycles. The zero-order chi connectivity index (χ0) is 13.0. The second-order valence-electron chi connectivity index (χ2n) is 6.03. The smallest absolute Gasteiger partial charge is 0.234 e. The molecule has 0 radical (unpaired) electrons. The number of hydrogen-bond donors (Lipinski definition) is 1. The highest BCUT2D eigenvalue weighted by molar-refractivity contribution is 6.05. The fraction of sp³-hybridized carbons (Fsp3) is 0.467. The van der Waals surface area contributed by atoms with E-state index in [9.17, 15) is 4.79 Å². The summed E-state index contributed by atoms with van der Waals surface area (Å²) in [5.74, 6) is 0.0519. The Morgan fingerprint density at radius 1 is 1.39 bits per heavy atom. The van der Waals surface area contributed by atoms with Crippen molar-refractivity contribution in [2.75, 3.05) is 5.32 Å². The Balaban J connectivity index is 1.96. The van der Waals surface area contributed by atoms with Crippen LogP contribution in [0.3, 0.4) is 0 Å². The van der Waals surface area contributed by atoms with Crippen molar-refractivity contribution in [1.82, 2.24) is 0 Å². The topological polar surface area (TPSA) is 52.9 Å². The minimum absolute atomic E-state index is 0.0519. The van der Waals surface area contributed by atoms with Gasteiger partial charge in [-0.15, -0.1) is 0 Å². The standard InChI is InChI=1S/C15H16N2O/c1-14(2)11-7-10(8-15(9-16)5-6-15)3-4-12(11)17-13(14)18/h3-4,7H,5-6,8H2,1-2H3,(H,17,18). The van der Waals surface area contributed by atoms with Crippen molar-refractivity contribution in [2.45, 2.75) is 38.5 Å². The molecule has 0 saturated heterocycles. The van der Waals surface area contributed by atoms with Gasteiger partial charge in [0.25, 0.3) is 0 Å². The molecule has 1 aromatic carbocycles. The second kappa shape index (κ2) is 3.35. The van der Waals surface area contributed by atoms with E-state index in [1.54, 1.807) is 0 Å². The molecule has 3 rings (SSSR count). The third-order valence-corrected chi connectivity index (χ3v) is 4.21. The molecule has 1 aliphatic heterocycles. The van der Waals surface area contributed by atoms with Crippen LogP contribution in [-0.4, -0.2) is 5.91 Å². The van der Waals surface area contributed by atoms with Crippen LogP contribution in [0.2, 0.25) is 0 Å². The van der Waals surface area contributed by atoms with Gasteiger partial charge >= 0.3 is 0 Å². The molecule has 1 amide bonds. The average molecular weight is 240 g/mol. The maximum atomic E-state index is 11.9. The molecule has 1 N–H and O–H groups in total. The van der Waals surface area contributed by atoms with E-state index in [2.05, 4.69) is 17.5 Å². The van der Waals surface area contributed by atoms with Crippen LogP contribution in [0.25, 0.3) is 0 Å². The van der Waals surface area contributed by atoms with Gasteiger partial charge in [0.2, 0.25) is 5.91 Å². The van der Waals surface area contributed by atoms with Crippen molar-refractivity contribution in [3.05, 3.63) is 29.3 Å². The predicted octanol–water partition coefficient (Wildman–Crippen LogP) is 2.76. The number of rotatable bonds is 2. The van der Waals surface area contributed by atoms with Gasteiger partial charge in [0.05, 0.1) is 16.9 Å². The SMILES string of the molecule is CC1(C)C(=O)Nc2ccc(CC3(C#N)CC3)cc21. The number of amides is 1. The molecule has 0 bridgehead atoms. The van der Waals surface area contributed by atoms with E-state index < -0.39 is 5.41 Å². The Labute approximate surface area is 107 Å². The fourth-order valence-electron chi connectivity index (χ4n) is 2.60. The number of carbonyl (C=O) groups is 1. The first kappa shape index (κ1) is 11.3. The molecule has 0 spiro atoms. The molecule has 1 aromatic rings. The van der Waals surface area contributed by atoms with E-state index in [1.807, 2.05) is 26.0 Å². The molecule has 0 aromatic heterocycles. The first-order chi connectivity index (χ1) is 8.47. The number of benzene rings is 1. The van der Waals surface area contributed by atoms with Crippen LogP contribution < -0.4 is 5.32 Å². The van der Waals surface area contributed by atoms with Crippen LogP contribution in [0, 0.1) is 16.7 Å². The lowest BCUT2D eigenvalue weighted by atomic mass is 9.84. The Morgan fingerprint density at radius 2 is 2.11 bits per heavy atom. The van der Waals surface area contributed by atoms with Crippen LogP contribution in [0.15, 0.2) is 18.2 Å². The molecule has 3 nitrogen and oxygen atoms in total. The lowest BCUT2D eigenvalue weighted by molar-refractivity contribution is -0.119. The molecule has 1 aliphatic carbocycles. The van der Waals surface area contributed by atoms with E-state index in [0.29, 0.717) is 0 Å². The molecular weight excluding hydrogens is 224 g/mol. The number of hydrogen-bond acceptors (Lipinski definition) is 2. The second-order valence-corrected chi connectivity index (χ2v) is 6.03. The molecule has 1 fully saturated rings. The summed E-state index contributed by atoms with van der Waals surface area (Å²) < 4.78 is 0. The van der Waals surface area contributed by atoms with Gasteiger partial charge in [-0.1, -0.05) is 12.1 Å². The number of anilines is 1. The first-order valence-corrected chi connectivity index (χ1v) is 6.33. The minimum Gasteiger partial charge on any atom is -0.325 e. The van der Waals surface area contributed by atoms with Gasteiger partial charge in [-0.3, -0.25) is 4.79 Å². The summed E-state index contributed by atoms with van der Waals surface area (Å²) in [6.45, 7) is 3.88. The van der Waals surface area contributed by atoms with Crippen molar-refractivity contribution in [3.8, 4) is 6.07 Å². The molecule has 0 atom stereocenters. The monoisotopic (exact) mass is 240 g/mol. The normalized spacial score (nSPS) is 21.9. The highest BCUT2D eigenvalue weighted by Gasteiger charge is 2.44. The van der Waals surface area contributed by atoms with Crippen molar-refractivity contribution in [3.63, 3.8) is 0 Å². The van der Waals surface area contributed by atoms with Gasteiger partial charge in [-0.25, -0.2) is 0 Å². The summed E-state index contributed by atoms with van der Waals surface area (Å²) in [4.78, 5) is 11.9. The number of nitrogens with one attached hydrogen (secondary N) is 1. The summed E-state index contributed by atoms with van der Waals surface area (Å²) >= 11 is 0. The van der Waals surface area contributed by atoms with Crippen molar-refractivity contribution < 1.29 is 4.79 Å². The van der Waals surface area contributed by atoms with Crippen LogP contribution >= 0.6 is 0 Å². The van der Waals surface area contributed by atoms with Gasteiger partial charge in [0, 0.05) is 5.69 Å². The highest BCUT2D eigenvalue weighted by Crippen LogP contribution is 2.48. The molecule has 1 saturated carbocycles. The number of carbonyl (C=O) groups excluding carboxylic acids is 1. The Hall–Kier alpha value is -1.82. The Kier molecular flexibility index (Phi) is 2.10. The van der Waals surface area contributed by atoms with Crippen LogP contribution in [0.1, 0.15) is 37.8 Å². The maximum absolute atomic E-state index is 11.9. The van der Waals surface area contributed by atoms with Crippen LogP contribution in [-0.2, 0) is 16.6 Å². The Bertz CT molecular complexity index is 577. The van der Waals surface area contributed by atoms with E-state index in [0.717, 1.165) is 36.1 Å². The molecule has 92 valence electrons. The van der Waals surface area contributed by atoms with Crippen molar-refractivity contribution in [2.24, 2.45) is 5.41 Å². The van der Waals surface area contributed by atoms with E-state index in [-0.39, 0.29) is 11.3 Å². The van der Waals surface area contributed by atoms with Crippen LogP contribution in [0.5, 0.6) is 0 Å². The zero-order valence-electron chi connectivity index (χ0n) is 10.7. The molecule has 0 unspecified atom stereocenters. The summed E-state index contributed by atoms with van der Waals surface area (Å²) in [5, 5.41) is 12.0. The van der Waals surface area contributed by atoms with Crippen molar-refractivity contribution >= 4 is 11.6 Å². The quantitative estimate of drug-likeness (QED) is 0.864. The summed E-state index contributed by atoms with van der Waals surface area (Å²) in [6, 6.07) is 8.49. The van der Waals surface area contributed by atoms with Crippen molar-refractivity contribution in [1.29, 1.82) is 5.26 Å². The van der Waals surface area contributed by atoms with E-state index >= 15 is 0 Å². The minimum atomic E-state index is -0.464. The van der Waals surface area contributed by atoms with Gasteiger partial charge in [-0.2, -0.15) is 5.26 Å². The van der Waals surface area contributed by atoms with Crippen LogP contribution in [0.4, 0.5) is 5.69 Å². The third kappa shape index (κ3) is 1.53. The summed E-state index contributed by atoms with van der Waals surface area (Å²) in [7, 11) is 0. The number of nitrogens with zero attached hydrogens (tertiary/aromatic N) is 1. The van der Waals surface area contributed by atoms with E-state index in [4.69, 9.17) is 5.26 Å². The molecule has 3 heteroatoms. The van der Waals surface area contributed by atoms with Gasteiger partial charge in [-0.05, 0) is 50.3 Å². The third-order valence-electron chi connectivity index (χ3n) is 4.21. The largest absolute Gasteiger partial charge is 0.325 e. The van der Waals surface area contributed by atoms with Gasteiger partial charge < -0.3 is 5.32 Å². The van der Waals surface area contributed by atoms with Gasteiger partial charge in [0.1, 0.15) is 0 Å². The zero-order valence-corrected chi connectivity index (χ0v) is 10.7. The Morgan fingerprint density at radius 3 is 2.72 bits per heavy atom. The molecular formula is C15H16N2O.